The van der Waals surface area contributed by atoms with Crippen molar-refractivity contribution >= 4 is 34.9 Å². The molecule has 0 radical (unpaired) electrons. The highest BCUT2D eigenvalue weighted by atomic mass is 35.5. The molecule has 0 aliphatic rings. The van der Waals surface area contributed by atoms with Crippen LogP contribution in [-0.2, 0) is 10.9 Å². The van der Waals surface area contributed by atoms with Crippen molar-refractivity contribution in [2.24, 2.45) is 0 Å². The van der Waals surface area contributed by atoms with Crippen LogP contribution in [0.15, 0.2) is 24.4 Å². The summed E-state index contributed by atoms with van der Waals surface area (Å²) >= 11 is 11.2. The molecule has 2 heterocycles. The van der Waals surface area contributed by atoms with Gasteiger partial charge in [0.15, 0.2) is 12.4 Å². The molecule has 0 aliphatic carbocycles. The van der Waals surface area contributed by atoms with E-state index in [9.17, 15) is 18.0 Å². The fourth-order valence-corrected chi connectivity index (χ4v) is 1.86. The van der Waals surface area contributed by atoms with Crippen LogP contribution >= 0.6 is 23.2 Å². The number of anilines is 1. The van der Waals surface area contributed by atoms with E-state index >= 15 is 0 Å². The number of pyridine rings is 1. The zero-order chi connectivity index (χ0) is 17.0. The van der Waals surface area contributed by atoms with Crippen molar-refractivity contribution in [3.8, 4) is 0 Å². The molecule has 2 aromatic rings. The first-order chi connectivity index (χ1) is 10.8. The maximum absolute atomic E-state index is 12.5. The number of hydrogen-bond acceptors (Lipinski definition) is 6. The molecule has 23 heavy (non-hydrogen) atoms. The molecule has 1 N–H and O–H groups in total. The molecule has 11 heteroatoms. The highest BCUT2D eigenvalue weighted by Gasteiger charge is 2.32. The number of ether oxygens (including phenoxy) is 1. The quantitative estimate of drug-likeness (QED) is 0.386. The van der Waals surface area contributed by atoms with E-state index in [1.54, 1.807) is 0 Å². The molecule has 0 saturated heterocycles. The summed E-state index contributed by atoms with van der Waals surface area (Å²) in [6.07, 6.45) is -3.58. The summed E-state index contributed by atoms with van der Waals surface area (Å²) in [6.45, 7) is -0.389. The van der Waals surface area contributed by atoms with E-state index in [0.717, 1.165) is 18.3 Å². The van der Waals surface area contributed by atoms with Gasteiger partial charge >= 0.3 is 12.1 Å². The standard InChI is InChI=1S/C12H7Cl2F3N4O2/c13-9-4-7(20-11(14)21-9)10(22)23-5-19-6-1-2-18-8(3-6)12(15,16)17/h1-4H,5H2,(H,18,19). The minimum atomic E-state index is -4.57. The number of hydrogen-bond donors (Lipinski definition) is 1. The van der Waals surface area contributed by atoms with Crippen molar-refractivity contribution in [3.05, 3.63) is 46.2 Å². The number of halogens is 5. The molecule has 0 saturated carbocycles. The van der Waals surface area contributed by atoms with Gasteiger partial charge in [-0.1, -0.05) is 11.6 Å². The number of nitrogens with zero attached hydrogens (tertiary/aromatic N) is 3. The number of esters is 1. The molecule has 0 aromatic carbocycles. The van der Waals surface area contributed by atoms with Gasteiger partial charge in [-0.05, 0) is 23.7 Å². The summed E-state index contributed by atoms with van der Waals surface area (Å²) < 4.78 is 42.3. The molecule has 0 fully saturated rings. The smallest absolute Gasteiger partial charge is 0.433 e. The number of alkyl halides is 3. The van der Waals surface area contributed by atoms with Gasteiger partial charge in [0.25, 0.3) is 0 Å². The van der Waals surface area contributed by atoms with Gasteiger partial charge in [0, 0.05) is 18.0 Å². The van der Waals surface area contributed by atoms with E-state index in [2.05, 4.69) is 20.3 Å². The molecule has 0 aliphatic heterocycles. The molecule has 2 aromatic heterocycles. The predicted molar refractivity (Wildman–Crippen MR) is 75.2 cm³/mol. The van der Waals surface area contributed by atoms with Crippen molar-refractivity contribution in [2.45, 2.75) is 6.18 Å². The minimum absolute atomic E-state index is 0.0474. The third-order valence-corrected chi connectivity index (χ3v) is 2.77. The Morgan fingerprint density at radius 3 is 2.65 bits per heavy atom. The molecule has 0 atom stereocenters. The molecule has 6 nitrogen and oxygen atoms in total. The monoisotopic (exact) mass is 366 g/mol. The Hall–Kier alpha value is -2.13. The van der Waals surface area contributed by atoms with Crippen LogP contribution in [0.1, 0.15) is 16.2 Å². The van der Waals surface area contributed by atoms with E-state index < -0.39 is 17.8 Å². The molecule has 0 bridgehead atoms. The van der Waals surface area contributed by atoms with Gasteiger partial charge in [0.2, 0.25) is 5.28 Å². The van der Waals surface area contributed by atoms with Crippen molar-refractivity contribution in [1.82, 2.24) is 15.0 Å². The van der Waals surface area contributed by atoms with Crippen LogP contribution in [0.25, 0.3) is 0 Å². The van der Waals surface area contributed by atoms with Crippen LogP contribution in [-0.4, -0.2) is 27.7 Å². The average Bonchev–Trinajstić information content (AvgIpc) is 2.45. The second kappa shape index (κ2) is 6.97. The molecular weight excluding hydrogens is 360 g/mol. The summed E-state index contributed by atoms with van der Waals surface area (Å²) in [5, 5.41) is 2.21. The lowest BCUT2D eigenvalue weighted by molar-refractivity contribution is -0.141. The van der Waals surface area contributed by atoms with E-state index in [1.807, 2.05) is 0 Å². The lowest BCUT2D eigenvalue weighted by Gasteiger charge is -2.10. The van der Waals surface area contributed by atoms with Crippen LogP contribution in [0.2, 0.25) is 10.4 Å². The highest BCUT2D eigenvalue weighted by Crippen LogP contribution is 2.28. The van der Waals surface area contributed by atoms with Crippen LogP contribution in [0.5, 0.6) is 0 Å². The zero-order valence-electron chi connectivity index (χ0n) is 11.1. The Bertz CT molecular complexity index is 707. The van der Waals surface area contributed by atoms with Crippen LogP contribution in [0, 0.1) is 0 Å². The van der Waals surface area contributed by atoms with Crippen LogP contribution in [0.4, 0.5) is 18.9 Å². The first kappa shape index (κ1) is 17.2. The number of nitrogens with one attached hydrogen (secondary N) is 1. The van der Waals surface area contributed by atoms with Gasteiger partial charge < -0.3 is 10.1 Å². The summed E-state index contributed by atoms with van der Waals surface area (Å²) in [5.74, 6) is -0.867. The summed E-state index contributed by atoms with van der Waals surface area (Å²) in [4.78, 5) is 22.1. The Kier molecular flexibility index (Phi) is 5.22. The first-order valence-electron chi connectivity index (χ1n) is 5.90. The maximum atomic E-state index is 12.5. The third kappa shape index (κ3) is 4.93. The normalized spacial score (nSPS) is 11.2. The molecule has 0 amide bonds. The van der Waals surface area contributed by atoms with Crippen molar-refractivity contribution in [2.75, 3.05) is 12.0 Å². The second-order valence-corrected chi connectivity index (χ2v) is 4.75. The molecule has 0 unspecified atom stereocenters. The Morgan fingerprint density at radius 1 is 1.26 bits per heavy atom. The highest BCUT2D eigenvalue weighted by molar-refractivity contribution is 6.32. The van der Waals surface area contributed by atoms with Gasteiger partial charge in [-0.3, -0.25) is 4.98 Å². The van der Waals surface area contributed by atoms with Gasteiger partial charge in [-0.25, -0.2) is 14.8 Å². The van der Waals surface area contributed by atoms with Crippen molar-refractivity contribution in [1.29, 1.82) is 0 Å². The Balaban J connectivity index is 1.96. The Labute approximate surface area is 137 Å². The zero-order valence-corrected chi connectivity index (χ0v) is 12.6. The van der Waals surface area contributed by atoms with Gasteiger partial charge in [0.05, 0.1) is 0 Å². The van der Waals surface area contributed by atoms with E-state index in [-0.39, 0.29) is 28.5 Å². The van der Waals surface area contributed by atoms with Crippen LogP contribution < -0.4 is 5.32 Å². The number of carbonyl (C=O) groups is 1. The second-order valence-electron chi connectivity index (χ2n) is 4.03. The van der Waals surface area contributed by atoms with Gasteiger partial charge in [0.1, 0.15) is 10.8 Å². The number of rotatable bonds is 4. The molecule has 0 spiro atoms. The third-order valence-electron chi connectivity index (χ3n) is 2.41. The fourth-order valence-electron chi connectivity index (χ4n) is 1.45. The van der Waals surface area contributed by atoms with Crippen molar-refractivity contribution < 1.29 is 22.7 Å². The van der Waals surface area contributed by atoms with E-state index in [4.69, 9.17) is 27.9 Å². The largest absolute Gasteiger partial charge is 0.440 e. The Morgan fingerprint density at radius 2 is 2.00 bits per heavy atom. The van der Waals surface area contributed by atoms with Gasteiger partial charge in [-0.15, -0.1) is 0 Å². The minimum Gasteiger partial charge on any atom is -0.440 e. The van der Waals surface area contributed by atoms with Crippen LogP contribution in [0.3, 0.4) is 0 Å². The number of aromatic nitrogens is 3. The number of carbonyl (C=O) groups excluding carboxylic acids is 1. The van der Waals surface area contributed by atoms with E-state index in [0.29, 0.717) is 0 Å². The predicted octanol–water partition coefficient (Wildman–Crippen LogP) is 3.42. The SMILES string of the molecule is O=C(OCNc1ccnc(C(F)(F)F)c1)c1cc(Cl)nc(Cl)n1. The first-order valence-corrected chi connectivity index (χ1v) is 6.65. The molecule has 122 valence electrons. The average molecular weight is 367 g/mol. The lowest BCUT2D eigenvalue weighted by atomic mass is 10.3. The topological polar surface area (TPSA) is 77.0 Å². The lowest BCUT2D eigenvalue weighted by Crippen LogP contribution is -2.15. The maximum Gasteiger partial charge on any atom is 0.433 e. The fraction of sp³-hybridized carbons (Fsp3) is 0.167. The molecular formula is C12H7Cl2F3N4O2. The van der Waals surface area contributed by atoms with Gasteiger partial charge in [-0.2, -0.15) is 13.2 Å². The van der Waals surface area contributed by atoms with E-state index in [1.165, 1.54) is 6.07 Å². The van der Waals surface area contributed by atoms with Crippen molar-refractivity contribution in [3.63, 3.8) is 0 Å². The summed E-state index contributed by atoms with van der Waals surface area (Å²) in [5.41, 5.74) is -1.16. The molecule has 2 rings (SSSR count). The summed E-state index contributed by atoms with van der Waals surface area (Å²) in [7, 11) is 0. The summed E-state index contributed by atoms with van der Waals surface area (Å²) in [6, 6.07) is 3.22.